The molecule has 0 fully saturated rings. The zero-order valence-corrected chi connectivity index (χ0v) is 13.9. The number of nitro benzene ring substituents is 1. The average Bonchev–Trinajstić information content (AvgIpc) is 2.66. The molecule has 27 heavy (non-hydrogen) atoms. The van der Waals surface area contributed by atoms with Crippen molar-refractivity contribution in [2.24, 2.45) is 0 Å². The molecule has 3 rings (SSSR count). The first-order valence-electron chi connectivity index (χ1n) is 7.87. The van der Waals surface area contributed by atoms with Crippen LogP contribution in [0.25, 0.3) is 16.8 Å². The van der Waals surface area contributed by atoms with Crippen LogP contribution in [0.15, 0.2) is 66.2 Å². The van der Waals surface area contributed by atoms with Crippen LogP contribution in [0, 0.1) is 21.4 Å². The first-order chi connectivity index (χ1) is 13.0. The molecule has 7 heteroatoms. The summed E-state index contributed by atoms with van der Waals surface area (Å²) in [7, 11) is 0. The molecule has 0 bridgehead atoms. The zero-order valence-electron chi connectivity index (χ0n) is 13.9. The summed E-state index contributed by atoms with van der Waals surface area (Å²) in [6, 6.07) is 18.4. The Kier molecular flexibility index (Phi) is 4.82. The van der Waals surface area contributed by atoms with E-state index in [9.17, 15) is 25.3 Å². The Hall–Kier alpha value is -4.18. The number of aromatic hydroxyl groups is 1. The van der Waals surface area contributed by atoms with Gasteiger partial charge in [-0.05, 0) is 40.6 Å². The number of nitrogens with one attached hydrogen (secondary N) is 1. The molecule has 0 aliphatic heterocycles. The number of phenols is 1. The first-order valence-corrected chi connectivity index (χ1v) is 7.87. The molecule has 1 amide bonds. The summed E-state index contributed by atoms with van der Waals surface area (Å²) in [5, 5.41) is 34.2. The molecular formula is C20H13N3O4. The number of hydrogen-bond donors (Lipinski definition) is 2. The Morgan fingerprint density at radius 3 is 2.56 bits per heavy atom. The van der Waals surface area contributed by atoms with Gasteiger partial charge in [-0.2, -0.15) is 5.26 Å². The lowest BCUT2D eigenvalue weighted by molar-refractivity contribution is -0.385. The minimum atomic E-state index is -0.742. The number of nitro groups is 1. The predicted octanol–water partition coefficient (Wildman–Crippen LogP) is 4.00. The number of nitriles is 1. The standard InChI is InChI=1S/C20H13N3O4/c21-12-16(9-13-5-8-19(24)18(10-13)23(26)27)20(25)22-17-7-6-14-3-1-2-4-15(14)11-17/h1-11,24H,(H,22,25)/b16-9+. The number of nitrogens with zero attached hydrogens (tertiary/aromatic N) is 2. The van der Waals surface area contributed by atoms with Crippen molar-refractivity contribution in [2.75, 3.05) is 5.32 Å². The number of hydrogen-bond acceptors (Lipinski definition) is 5. The highest BCUT2D eigenvalue weighted by Crippen LogP contribution is 2.27. The van der Waals surface area contributed by atoms with Gasteiger partial charge in [-0.15, -0.1) is 0 Å². The van der Waals surface area contributed by atoms with Crippen LogP contribution >= 0.6 is 0 Å². The molecule has 0 saturated carbocycles. The van der Waals surface area contributed by atoms with E-state index >= 15 is 0 Å². The molecule has 7 nitrogen and oxygen atoms in total. The SMILES string of the molecule is N#C/C(=C\c1ccc(O)c([N+](=O)[O-])c1)C(=O)Nc1ccc2ccccc2c1. The van der Waals surface area contributed by atoms with E-state index in [0.29, 0.717) is 5.69 Å². The number of phenolic OH excluding ortho intramolecular Hbond substituents is 1. The van der Waals surface area contributed by atoms with Crippen molar-refractivity contribution in [2.45, 2.75) is 0 Å². The summed E-state index contributed by atoms with van der Waals surface area (Å²) in [5.41, 5.74) is 0.0559. The van der Waals surface area contributed by atoms with Gasteiger partial charge in [-0.3, -0.25) is 14.9 Å². The molecule has 0 atom stereocenters. The number of benzene rings is 3. The number of amides is 1. The third kappa shape index (κ3) is 3.91. The number of rotatable bonds is 4. The van der Waals surface area contributed by atoms with Crippen molar-refractivity contribution in [3.8, 4) is 11.8 Å². The third-order valence-corrected chi connectivity index (χ3v) is 3.88. The highest BCUT2D eigenvalue weighted by Gasteiger charge is 2.15. The molecule has 0 aliphatic rings. The number of fused-ring (bicyclic) bond motifs is 1. The van der Waals surface area contributed by atoms with Crippen LogP contribution in [0.4, 0.5) is 11.4 Å². The van der Waals surface area contributed by atoms with E-state index in [-0.39, 0.29) is 11.1 Å². The van der Waals surface area contributed by atoms with Gasteiger partial charge in [0.05, 0.1) is 4.92 Å². The molecule has 0 saturated heterocycles. The monoisotopic (exact) mass is 359 g/mol. The summed E-state index contributed by atoms with van der Waals surface area (Å²) in [4.78, 5) is 22.5. The lowest BCUT2D eigenvalue weighted by Gasteiger charge is -2.06. The van der Waals surface area contributed by atoms with Crippen molar-refractivity contribution < 1.29 is 14.8 Å². The number of anilines is 1. The van der Waals surface area contributed by atoms with E-state index in [1.807, 2.05) is 30.3 Å². The Bertz CT molecular complexity index is 1130. The average molecular weight is 359 g/mol. The van der Waals surface area contributed by atoms with Gasteiger partial charge in [0.2, 0.25) is 0 Å². The maximum atomic E-state index is 12.4. The van der Waals surface area contributed by atoms with Gasteiger partial charge in [0.1, 0.15) is 11.6 Å². The quantitative estimate of drug-likeness (QED) is 0.316. The maximum absolute atomic E-state index is 12.4. The fraction of sp³-hybridized carbons (Fsp3) is 0. The first kappa shape index (κ1) is 17.6. The van der Waals surface area contributed by atoms with Gasteiger partial charge in [0.15, 0.2) is 5.75 Å². The van der Waals surface area contributed by atoms with E-state index < -0.39 is 22.3 Å². The fourth-order valence-corrected chi connectivity index (χ4v) is 2.56. The smallest absolute Gasteiger partial charge is 0.311 e. The Morgan fingerprint density at radius 2 is 1.85 bits per heavy atom. The molecule has 0 spiro atoms. The van der Waals surface area contributed by atoms with Gasteiger partial charge in [0.25, 0.3) is 5.91 Å². The third-order valence-electron chi connectivity index (χ3n) is 3.88. The van der Waals surface area contributed by atoms with E-state index in [4.69, 9.17) is 0 Å². The van der Waals surface area contributed by atoms with E-state index in [1.165, 1.54) is 12.1 Å². The van der Waals surface area contributed by atoms with Gasteiger partial charge >= 0.3 is 5.69 Å². The van der Waals surface area contributed by atoms with Crippen LogP contribution in [0.1, 0.15) is 5.56 Å². The summed E-state index contributed by atoms with van der Waals surface area (Å²) >= 11 is 0. The Morgan fingerprint density at radius 1 is 1.11 bits per heavy atom. The summed E-state index contributed by atoms with van der Waals surface area (Å²) in [6.07, 6.45) is 1.23. The van der Waals surface area contributed by atoms with E-state index in [2.05, 4.69) is 5.32 Å². The van der Waals surface area contributed by atoms with Gasteiger partial charge in [0, 0.05) is 11.8 Å². The van der Waals surface area contributed by atoms with Crippen LogP contribution < -0.4 is 5.32 Å². The molecule has 0 radical (unpaired) electrons. The minimum absolute atomic E-state index is 0.219. The lowest BCUT2D eigenvalue weighted by atomic mass is 10.1. The van der Waals surface area contributed by atoms with Gasteiger partial charge in [-0.1, -0.05) is 36.4 Å². The van der Waals surface area contributed by atoms with E-state index in [0.717, 1.165) is 22.9 Å². The highest BCUT2D eigenvalue weighted by atomic mass is 16.6. The van der Waals surface area contributed by atoms with E-state index in [1.54, 1.807) is 18.2 Å². The molecule has 3 aromatic rings. The molecular weight excluding hydrogens is 346 g/mol. The fourth-order valence-electron chi connectivity index (χ4n) is 2.56. The lowest BCUT2D eigenvalue weighted by Crippen LogP contribution is -2.13. The molecule has 0 unspecified atom stereocenters. The van der Waals surface area contributed by atoms with Crippen molar-refractivity contribution in [3.05, 3.63) is 81.9 Å². The molecule has 132 valence electrons. The van der Waals surface area contributed by atoms with Crippen LogP contribution in [0.3, 0.4) is 0 Å². The largest absolute Gasteiger partial charge is 0.502 e. The molecule has 2 N–H and O–H groups in total. The summed E-state index contributed by atoms with van der Waals surface area (Å²) in [6.45, 7) is 0. The topological polar surface area (TPSA) is 116 Å². The molecule has 3 aromatic carbocycles. The van der Waals surface area contributed by atoms with Crippen molar-refractivity contribution in [1.82, 2.24) is 0 Å². The Balaban J connectivity index is 1.87. The van der Waals surface area contributed by atoms with Gasteiger partial charge < -0.3 is 10.4 Å². The molecule has 0 heterocycles. The second-order valence-electron chi connectivity index (χ2n) is 5.69. The zero-order chi connectivity index (χ0) is 19.4. The normalized spacial score (nSPS) is 11.0. The molecule has 0 aromatic heterocycles. The maximum Gasteiger partial charge on any atom is 0.311 e. The van der Waals surface area contributed by atoms with Crippen molar-refractivity contribution >= 4 is 34.1 Å². The Labute approximate surface area is 153 Å². The van der Waals surface area contributed by atoms with Crippen molar-refractivity contribution in [1.29, 1.82) is 5.26 Å². The van der Waals surface area contributed by atoms with Crippen LogP contribution in [0.5, 0.6) is 5.75 Å². The highest BCUT2D eigenvalue weighted by molar-refractivity contribution is 6.10. The predicted molar refractivity (Wildman–Crippen MR) is 101 cm³/mol. The minimum Gasteiger partial charge on any atom is -0.502 e. The van der Waals surface area contributed by atoms with Crippen LogP contribution in [-0.4, -0.2) is 15.9 Å². The van der Waals surface area contributed by atoms with Crippen LogP contribution in [0.2, 0.25) is 0 Å². The second kappa shape index (κ2) is 7.37. The number of carbonyl (C=O) groups is 1. The van der Waals surface area contributed by atoms with Crippen LogP contribution in [-0.2, 0) is 4.79 Å². The van der Waals surface area contributed by atoms with Crippen molar-refractivity contribution in [3.63, 3.8) is 0 Å². The molecule has 0 aliphatic carbocycles. The summed E-state index contributed by atoms with van der Waals surface area (Å²) in [5.74, 6) is -1.13. The number of carbonyl (C=O) groups excluding carboxylic acids is 1. The summed E-state index contributed by atoms with van der Waals surface area (Å²) < 4.78 is 0. The van der Waals surface area contributed by atoms with Gasteiger partial charge in [-0.25, -0.2) is 0 Å². The second-order valence-corrected chi connectivity index (χ2v) is 5.69.